The molecule has 0 bridgehead atoms. The standard InChI is InChI=1S/C26H31N3O3S/c1-4-23(26(31)32-6-3)33-21-14-12-20(13-15-21)27-16-17-29-24(5-2)28-22(18-25(29)30)19-10-8-7-9-11-19/h7-15,18,23,27H,4-6,16-17H2,1-3H3/t23-/m1/s1. The number of hydrogen-bond donors (Lipinski definition) is 1. The molecule has 7 heteroatoms. The zero-order valence-electron chi connectivity index (χ0n) is 19.4. The second kappa shape index (κ2) is 12.3. The van der Waals surface area contributed by atoms with Crippen molar-refractivity contribution < 1.29 is 9.53 Å². The number of carbonyl (C=O) groups is 1. The van der Waals surface area contributed by atoms with Gasteiger partial charge in [-0.25, -0.2) is 4.98 Å². The van der Waals surface area contributed by atoms with Crippen molar-refractivity contribution in [1.82, 2.24) is 9.55 Å². The van der Waals surface area contributed by atoms with Crippen molar-refractivity contribution in [3.63, 3.8) is 0 Å². The first-order valence-electron chi connectivity index (χ1n) is 11.4. The predicted octanol–water partition coefficient (Wildman–Crippen LogP) is 5.02. The average molecular weight is 466 g/mol. The van der Waals surface area contributed by atoms with Crippen molar-refractivity contribution >= 4 is 23.4 Å². The number of benzene rings is 2. The first-order chi connectivity index (χ1) is 16.0. The normalized spacial score (nSPS) is 11.7. The highest BCUT2D eigenvalue weighted by molar-refractivity contribution is 8.00. The van der Waals surface area contributed by atoms with Gasteiger partial charge in [0.1, 0.15) is 11.1 Å². The maximum atomic E-state index is 12.8. The summed E-state index contributed by atoms with van der Waals surface area (Å²) >= 11 is 1.52. The largest absolute Gasteiger partial charge is 0.465 e. The lowest BCUT2D eigenvalue weighted by atomic mass is 10.1. The summed E-state index contributed by atoms with van der Waals surface area (Å²) in [6.45, 7) is 7.34. The molecule has 3 rings (SSSR count). The van der Waals surface area contributed by atoms with Crippen LogP contribution in [0.15, 0.2) is 70.4 Å². The maximum absolute atomic E-state index is 12.8. The molecule has 1 heterocycles. The summed E-state index contributed by atoms with van der Waals surface area (Å²) in [5.74, 6) is 0.607. The van der Waals surface area contributed by atoms with Gasteiger partial charge in [-0.2, -0.15) is 0 Å². The minimum Gasteiger partial charge on any atom is -0.465 e. The number of ether oxygens (including phenoxy) is 1. The lowest BCUT2D eigenvalue weighted by Gasteiger charge is -2.15. The number of anilines is 1. The van der Waals surface area contributed by atoms with Crippen LogP contribution in [0.2, 0.25) is 0 Å². The molecule has 0 amide bonds. The first kappa shape index (κ1) is 24.6. The fourth-order valence-electron chi connectivity index (χ4n) is 3.48. The van der Waals surface area contributed by atoms with E-state index in [2.05, 4.69) is 5.32 Å². The fraction of sp³-hybridized carbons (Fsp3) is 0.346. The molecule has 0 radical (unpaired) electrons. The van der Waals surface area contributed by atoms with E-state index in [9.17, 15) is 9.59 Å². The number of nitrogens with zero attached hydrogens (tertiary/aromatic N) is 2. The lowest BCUT2D eigenvalue weighted by Crippen LogP contribution is -2.27. The average Bonchev–Trinajstić information content (AvgIpc) is 2.84. The van der Waals surface area contributed by atoms with Gasteiger partial charge in [-0.3, -0.25) is 14.2 Å². The third-order valence-electron chi connectivity index (χ3n) is 5.19. The number of carbonyl (C=O) groups excluding carboxylic acids is 1. The smallest absolute Gasteiger partial charge is 0.319 e. The van der Waals surface area contributed by atoms with Crippen LogP contribution < -0.4 is 10.9 Å². The molecule has 6 nitrogen and oxygen atoms in total. The Kier molecular flexibility index (Phi) is 9.13. The number of aryl methyl sites for hydroxylation is 1. The molecule has 174 valence electrons. The second-order valence-corrected chi connectivity index (χ2v) is 8.76. The van der Waals surface area contributed by atoms with Gasteiger partial charge in [0.2, 0.25) is 0 Å². The molecule has 3 aromatic rings. The molecular weight excluding hydrogens is 434 g/mol. The summed E-state index contributed by atoms with van der Waals surface area (Å²) in [5, 5.41) is 3.17. The molecule has 0 fully saturated rings. The van der Waals surface area contributed by atoms with Gasteiger partial charge < -0.3 is 10.1 Å². The number of nitrogens with one attached hydrogen (secondary N) is 1. The summed E-state index contributed by atoms with van der Waals surface area (Å²) in [6.07, 6.45) is 1.40. The van der Waals surface area contributed by atoms with E-state index < -0.39 is 0 Å². The number of hydrogen-bond acceptors (Lipinski definition) is 6. The van der Waals surface area contributed by atoms with Crippen molar-refractivity contribution in [3.05, 3.63) is 76.8 Å². The van der Waals surface area contributed by atoms with Gasteiger partial charge >= 0.3 is 5.97 Å². The van der Waals surface area contributed by atoms with Crippen LogP contribution in [-0.4, -0.2) is 33.9 Å². The highest BCUT2D eigenvalue weighted by atomic mass is 32.2. The Hall–Kier alpha value is -3.06. The van der Waals surface area contributed by atoms with E-state index >= 15 is 0 Å². The van der Waals surface area contributed by atoms with Crippen molar-refractivity contribution in [2.75, 3.05) is 18.5 Å². The number of thioether (sulfide) groups is 1. The van der Waals surface area contributed by atoms with Gasteiger partial charge in [0.25, 0.3) is 5.56 Å². The Labute approximate surface area is 199 Å². The minimum absolute atomic E-state index is 0.0428. The summed E-state index contributed by atoms with van der Waals surface area (Å²) in [4.78, 5) is 30.5. The van der Waals surface area contributed by atoms with Crippen LogP contribution in [0.25, 0.3) is 11.3 Å². The van der Waals surface area contributed by atoms with Crippen LogP contribution >= 0.6 is 11.8 Å². The monoisotopic (exact) mass is 465 g/mol. The van der Waals surface area contributed by atoms with Crippen LogP contribution in [0.3, 0.4) is 0 Å². The van der Waals surface area contributed by atoms with Gasteiger partial charge in [-0.05, 0) is 37.6 Å². The molecule has 0 aliphatic carbocycles. The number of rotatable bonds is 11. The zero-order chi connectivity index (χ0) is 23.6. The minimum atomic E-state index is -0.200. The van der Waals surface area contributed by atoms with E-state index in [0.29, 0.717) is 31.8 Å². The maximum Gasteiger partial charge on any atom is 0.319 e. The Bertz CT molecular complexity index is 1100. The summed E-state index contributed by atoms with van der Waals surface area (Å²) in [5.41, 5.74) is 2.58. The molecule has 0 aliphatic rings. The lowest BCUT2D eigenvalue weighted by molar-refractivity contribution is -0.142. The van der Waals surface area contributed by atoms with Crippen molar-refractivity contribution in [1.29, 1.82) is 0 Å². The SMILES string of the molecule is CCOC(=O)[C@@H](CC)Sc1ccc(NCCn2c(CC)nc(-c3ccccc3)cc2=O)cc1. The van der Waals surface area contributed by atoms with Crippen molar-refractivity contribution in [3.8, 4) is 11.3 Å². The first-order valence-corrected chi connectivity index (χ1v) is 12.3. The molecule has 0 saturated carbocycles. The topological polar surface area (TPSA) is 73.2 Å². The predicted molar refractivity (Wildman–Crippen MR) is 135 cm³/mol. The molecular formula is C26H31N3O3S. The van der Waals surface area contributed by atoms with Gasteiger partial charge in [0.15, 0.2) is 0 Å². The molecule has 1 atom stereocenters. The van der Waals surface area contributed by atoms with Crippen LogP contribution in [-0.2, 0) is 22.5 Å². The summed E-state index contributed by atoms with van der Waals surface area (Å²) in [6, 6.07) is 19.3. The molecule has 0 saturated heterocycles. The van der Waals surface area contributed by atoms with E-state index in [1.54, 1.807) is 10.6 Å². The van der Waals surface area contributed by atoms with Gasteiger partial charge in [0, 0.05) is 41.7 Å². The number of esters is 1. The Morgan fingerprint density at radius 1 is 1.09 bits per heavy atom. The van der Waals surface area contributed by atoms with Crippen molar-refractivity contribution in [2.45, 2.75) is 50.3 Å². The summed E-state index contributed by atoms with van der Waals surface area (Å²) in [7, 11) is 0. The van der Waals surface area contributed by atoms with Gasteiger partial charge in [0.05, 0.1) is 12.3 Å². The van der Waals surface area contributed by atoms with E-state index in [0.717, 1.165) is 28.4 Å². The van der Waals surface area contributed by atoms with Crippen LogP contribution in [0.4, 0.5) is 5.69 Å². The molecule has 2 aromatic carbocycles. The van der Waals surface area contributed by atoms with Crippen LogP contribution in [0.5, 0.6) is 0 Å². The molecule has 33 heavy (non-hydrogen) atoms. The highest BCUT2D eigenvalue weighted by Crippen LogP contribution is 2.27. The zero-order valence-corrected chi connectivity index (χ0v) is 20.2. The highest BCUT2D eigenvalue weighted by Gasteiger charge is 2.18. The third kappa shape index (κ3) is 6.71. The van der Waals surface area contributed by atoms with E-state index in [1.165, 1.54) is 11.8 Å². The molecule has 1 N–H and O–H groups in total. The number of aromatic nitrogens is 2. The fourth-order valence-corrected chi connectivity index (χ4v) is 4.43. The third-order valence-corrected chi connectivity index (χ3v) is 6.55. The van der Waals surface area contributed by atoms with Gasteiger partial charge in [-0.1, -0.05) is 44.2 Å². The second-order valence-electron chi connectivity index (χ2n) is 7.49. The van der Waals surface area contributed by atoms with Crippen molar-refractivity contribution in [2.24, 2.45) is 0 Å². The Morgan fingerprint density at radius 2 is 1.82 bits per heavy atom. The molecule has 0 spiro atoms. The van der Waals surface area contributed by atoms with E-state index in [1.807, 2.05) is 75.4 Å². The molecule has 0 unspecified atom stereocenters. The Balaban J connectivity index is 1.61. The van der Waals surface area contributed by atoms with E-state index in [-0.39, 0.29) is 16.8 Å². The Morgan fingerprint density at radius 3 is 2.45 bits per heavy atom. The summed E-state index contributed by atoms with van der Waals surface area (Å²) < 4.78 is 6.87. The van der Waals surface area contributed by atoms with E-state index in [4.69, 9.17) is 9.72 Å². The van der Waals surface area contributed by atoms with Gasteiger partial charge in [-0.15, -0.1) is 11.8 Å². The van der Waals surface area contributed by atoms with Crippen LogP contribution in [0, 0.1) is 0 Å². The quantitative estimate of drug-likeness (QED) is 0.317. The molecule has 1 aromatic heterocycles. The van der Waals surface area contributed by atoms with Crippen LogP contribution in [0.1, 0.15) is 33.0 Å². The molecule has 0 aliphatic heterocycles.